The van der Waals surface area contributed by atoms with Crippen molar-refractivity contribution >= 4 is 0 Å². The number of rotatable bonds is 1. The second kappa shape index (κ2) is 3.35. The minimum Gasteiger partial charge on any atom is -0.378 e. The van der Waals surface area contributed by atoms with Crippen molar-refractivity contribution in [3.8, 4) is 0 Å². The van der Waals surface area contributed by atoms with Gasteiger partial charge in [-0.2, -0.15) is 0 Å². The first-order valence-electron chi connectivity index (χ1n) is 5.14. The van der Waals surface area contributed by atoms with E-state index in [4.69, 9.17) is 10.5 Å². The molecule has 4 atom stereocenters. The van der Waals surface area contributed by atoms with Crippen LogP contribution >= 0.6 is 0 Å². The van der Waals surface area contributed by atoms with Gasteiger partial charge >= 0.3 is 0 Å². The second-order valence-electron chi connectivity index (χ2n) is 4.35. The molecule has 0 spiro atoms. The van der Waals surface area contributed by atoms with Crippen LogP contribution in [0.1, 0.15) is 26.2 Å². The fourth-order valence-electron chi connectivity index (χ4n) is 2.96. The normalized spacial score (nSPS) is 47.5. The van der Waals surface area contributed by atoms with Crippen LogP contribution in [0.4, 0.5) is 0 Å². The zero-order valence-corrected chi connectivity index (χ0v) is 7.83. The van der Waals surface area contributed by atoms with E-state index in [0.717, 1.165) is 30.9 Å². The fourth-order valence-corrected chi connectivity index (χ4v) is 2.96. The van der Waals surface area contributed by atoms with Crippen molar-refractivity contribution in [3.05, 3.63) is 0 Å². The SMILES string of the molecule is C[C@@H]1CO[C@@H]2CCC[C@H](CN)[C@H]12. The van der Waals surface area contributed by atoms with Gasteiger partial charge in [0.1, 0.15) is 0 Å². The molecule has 0 aromatic heterocycles. The Morgan fingerprint density at radius 2 is 2.25 bits per heavy atom. The van der Waals surface area contributed by atoms with Gasteiger partial charge in [-0.1, -0.05) is 13.3 Å². The third-order valence-corrected chi connectivity index (χ3v) is 3.57. The van der Waals surface area contributed by atoms with Crippen molar-refractivity contribution in [2.45, 2.75) is 32.3 Å². The smallest absolute Gasteiger partial charge is 0.0609 e. The van der Waals surface area contributed by atoms with Crippen LogP contribution in [0.2, 0.25) is 0 Å². The lowest BCUT2D eigenvalue weighted by Crippen LogP contribution is -2.36. The summed E-state index contributed by atoms with van der Waals surface area (Å²) < 4.78 is 5.75. The van der Waals surface area contributed by atoms with Gasteiger partial charge in [0.15, 0.2) is 0 Å². The fraction of sp³-hybridized carbons (Fsp3) is 1.00. The van der Waals surface area contributed by atoms with E-state index >= 15 is 0 Å². The molecule has 1 saturated carbocycles. The Balaban J connectivity index is 2.07. The molecule has 12 heavy (non-hydrogen) atoms. The molecule has 2 aliphatic rings. The summed E-state index contributed by atoms with van der Waals surface area (Å²) in [6, 6.07) is 0. The first-order chi connectivity index (χ1) is 5.83. The monoisotopic (exact) mass is 169 g/mol. The minimum atomic E-state index is 0.544. The molecule has 0 aromatic carbocycles. The largest absolute Gasteiger partial charge is 0.378 e. The number of nitrogens with two attached hydrogens (primary N) is 1. The maximum Gasteiger partial charge on any atom is 0.0609 e. The first kappa shape index (κ1) is 8.52. The summed E-state index contributed by atoms with van der Waals surface area (Å²) in [4.78, 5) is 0. The molecule has 2 heteroatoms. The lowest BCUT2D eigenvalue weighted by molar-refractivity contribution is 0.0451. The summed E-state index contributed by atoms with van der Waals surface area (Å²) in [5.74, 6) is 2.24. The molecule has 1 saturated heterocycles. The van der Waals surface area contributed by atoms with Crippen LogP contribution in [-0.2, 0) is 4.74 Å². The van der Waals surface area contributed by atoms with Crippen molar-refractivity contribution in [2.75, 3.05) is 13.2 Å². The predicted octanol–water partition coefficient (Wildman–Crippen LogP) is 1.40. The standard InChI is InChI=1S/C10H19NO/c1-7-6-12-9-4-2-3-8(5-11)10(7)9/h7-10H,2-6,11H2,1H3/t7-,8-,9-,10+/m1/s1. The van der Waals surface area contributed by atoms with Gasteiger partial charge in [0.05, 0.1) is 6.10 Å². The quantitative estimate of drug-likeness (QED) is 0.644. The molecular formula is C10H19NO. The number of fused-ring (bicyclic) bond motifs is 1. The maximum atomic E-state index is 5.77. The van der Waals surface area contributed by atoms with E-state index in [1.165, 1.54) is 19.3 Å². The van der Waals surface area contributed by atoms with Crippen molar-refractivity contribution in [1.29, 1.82) is 0 Å². The van der Waals surface area contributed by atoms with Crippen LogP contribution in [0.3, 0.4) is 0 Å². The predicted molar refractivity (Wildman–Crippen MR) is 48.8 cm³/mol. The zero-order valence-electron chi connectivity index (χ0n) is 7.83. The Morgan fingerprint density at radius 1 is 1.42 bits per heavy atom. The molecule has 1 aliphatic carbocycles. The van der Waals surface area contributed by atoms with Crippen LogP contribution in [0, 0.1) is 17.8 Å². The summed E-state index contributed by atoms with van der Waals surface area (Å²) >= 11 is 0. The highest BCUT2D eigenvalue weighted by atomic mass is 16.5. The Bertz CT molecular complexity index is 158. The molecule has 0 bridgehead atoms. The van der Waals surface area contributed by atoms with Gasteiger partial charge in [-0.05, 0) is 37.1 Å². The van der Waals surface area contributed by atoms with E-state index < -0.39 is 0 Å². The maximum absolute atomic E-state index is 5.77. The van der Waals surface area contributed by atoms with E-state index in [1.54, 1.807) is 0 Å². The number of hydrogen-bond acceptors (Lipinski definition) is 2. The van der Waals surface area contributed by atoms with E-state index in [-0.39, 0.29) is 0 Å². The third-order valence-electron chi connectivity index (χ3n) is 3.57. The van der Waals surface area contributed by atoms with Crippen LogP contribution in [-0.4, -0.2) is 19.3 Å². The molecule has 2 nitrogen and oxygen atoms in total. The first-order valence-corrected chi connectivity index (χ1v) is 5.14. The molecule has 2 fully saturated rings. The highest BCUT2D eigenvalue weighted by molar-refractivity contribution is 4.90. The zero-order chi connectivity index (χ0) is 8.55. The molecular weight excluding hydrogens is 150 g/mol. The molecule has 0 unspecified atom stereocenters. The van der Waals surface area contributed by atoms with Gasteiger partial charge in [-0.15, -0.1) is 0 Å². The van der Waals surface area contributed by atoms with Crippen LogP contribution in [0.5, 0.6) is 0 Å². The highest BCUT2D eigenvalue weighted by Gasteiger charge is 2.41. The molecule has 70 valence electrons. The summed E-state index contributed by atoms with van der Waals surface area (Å²) in [5, 5.41) is 0. The van der Waals surface area contributed by atoms with Crippen LogP contribution in [0.15, 0.2) is 0 Å². The highest BCUT2D eigenvalue weighted by Crippen LogP contribution is 2.41. The summed E-state index contributed by atoms with van der Waals surface area (Å²) in [7, 11) is 0. The Hall–Kier alpha value is -0.0800. The van der Waals surface area contributed by atoms with E-state index in [1.807, 2.05) is 0 Å². The molecule has 1 heterocycles. The molecule has 2 rings (SSSR count). The Kier molecular flexibility index (Phi) is 2.37. The molecule has 0 radical (unpaired) electrons. The minimum absolute atomic E-state index is 0.544. The summed E-state index contributed by atoms with van der Waals surface area (Å²) in [6.07, 6.45) is 4.45. The lowest BCUT2D eigenvalue weighted by atomic mass is 9.73. The summed E-state index contributed by atoms with van der Waals surface area (Å²) in [5.41, 5.74) is 5.77. The average molecular weight is 169 g/mol. The Labute approximate surface area is 74.5 Å². The topological polar surface area (TPSA) is 35.2 Å². The van der Waals surface area contributed by atoms with Crippen molar-refractivity contribution in [1.82, 2.24) is 0 Å². The lowest BCUT2D eigenvalue weighted by Gasteiger charge is -2.33. The van der Waals surface area contributed by atoms with Gasteiger partial charge in [-0.25, -0.2) is 0 Å². The van der Waals surface area contributed by atoms with E-state index in [0.29, 0.717) is 6.10 Å². The van der Waals surface area contributed by atoms with E-state index in [2.05, 4.69) is 6.92 Å². The van der Waals surface area contributed by atoms with Crippen molar-refractivity contribution < 1.29 is 4.74 Å². The average Bonchev–Trinajstić information content (AvgIpc) is 2.48. The summed E-state index contributed by atoms with van der Waals surface area (Å²) in [6.45, 7) is 4.12. The number of hydrogen-bond donors (Lipinski definition) is 1. The van der Waals surface area contributed by atoms with Gasteiger partial charge in [0.2, 0.25) is 0 Å². The van der Waals surface area contributed by atoms with Crippen LogP contribution < -0.4 is 5.73 Å². The van der Waals surface area contributed by atoms with Gasteiger partial charge < -0.3 is 10.5 Å². The molecule has 0 amide bonds. The molecule has 1 aliphatic heterocycles. The van der Waals surface area contributed by atoms with Gasteiger partial charge in [-0.3, -0.25) is 0 Å². The molecule has 2 N–H and O–H groups in total. The second-order valence-corrected chi connectivity index (χ2v) is 4.35. The Morgan fingerprint density at radius 3 is 3.00 bits per heavy atom. The van der Waals surface area contributed by atoms with Crippen LogP contribution in [0.25, 0.3) is 0 Å². The van der Waals surface area contributed by atoms with Crippen molar-refractivity contribution in [3.63, 3.8) is 0 Å². The van der Waals surface area contributed by atoms with Gasteiger partial charge in [0, 0.05) is 6.61 Å². The molecule has 0 aromatic rings. The van der Waals surface area contributed by atoms with E-state index in [9.17, 15) is 0 Å². The van der Waals surface area contributed by atoms with Gasteiger partial charge in [0.25, 0.3) is 0 Å². The third kappa shape index (κ3) is 1.27. The van der Waals surface area contributed by atoms with Crippen molar-refractivity contribution in [2.24, 2.45) is 23.5 Å². The number of ether oxygens (including phenoxy) is 1.